The number of aromatic nitrogens is 3. The lowest BCUT2D eigenvalue weighted by atomic mass is 10.1. The van der Waals surface area contributed by atoms with E-state index in [2.05, 4.69) is 9.84 Å². The summed E-state index contributed by atoms with van der Waals surface area (Å²) in [6, 6.07) is 2.67. The van der Waals surface area contributed by atoms with Crippen LogP contribution in [-0.2, 0) is 0 Å². The smallest absolute Gasteiger partial charge is 0.449 e. The molecule has 1 saturated carbocycles. The topological polar surface area (TPSA) is 86.3 Å². The van der Waals surface area contributed by atoms with Gasteiger partial charge in [0.2, 0.25) is 5.43 Å². The zero-order chi connectivity index (χ0) is 17.7. The van der Waals surface area contributed by atoms with Gasteiger partial charge >= 0.3 is 6.16 Å². The van der Waals surface area contributed by atoms with Crippen LogP contribution in [0.25, 0.3) is 16.6 Å². The summed E-state index contributed by atoms with van der Waals surface area (Å²) in [6.45, 7) is 0. The van der Waals surface area contributed by atoms with Crippen molar-refractivity contribution in [3.8, 4) is 11.4 Å². The molecule has 4 rings (SSSR count). The average Bonchev–Trinajstić information content (AvgIpc) is 3.31. The Morgan fingerprint density at radius 2 is 2.12 bits per heavy atom. The molecule has 0 spiro atoms. The molecule has 3 aromatic rings. The van der Waals surface area contributed by atoms with Gasteiger partial charge in [0.05, 0.1) is 28.3 Å². The molecule has 0 bridgehead atoms. The van der Waals surface area contributed by atoms with Crippen molar-refractivity contribution in [3.05, 3.63) is 51.8 Å². The van der Waals surface area contributed by atoms with Gasteiger partial charge in [0, 0.05) is 12.2 Å². The van der Waals surface area contributed by atoms with Gasteiger partial charge in [0.1, 0.15) is 11.5 Å². The minimum Gasteiger partial charge on any atom is -0.449 e. The number of ether oxygens (including phenoxy) is 1. The summed E-state index contributed by atoms with van der Waals surface area (Å²) in [6.07, 6.45) is 4.35. The number of benzene rings is 1. The van der Waals surface area contributed by atoms with Gasteiger partial charge in [0.25, 0.3) is 0 Å². The third kappa shape index (κ3) is 2.74. The monoisotopic (exact) mass is 363 g/mol. The molecule has 2 aromatic heterocycles. The fourth-order valence-electron chi connectivity index (χ4n) is 2.76. The number of halogens is 2. The number of carboxylic acid groups (broad SMARTS) is 1. The van der Waals surface area contributed by atoms with Crippen LogP contribution in [0.3, 0.4) is 0 Å². The Morgan fingerprint density at radius 3 is 2.72 bits per heavy atom. The maximum Gasteiger partial charge on any atom is 0.511 e. The number of carbonyl (C=O) groups is 1. The van der Waals surface area contributed by atoms with Gasteiger partial charge in [0.15, 0.2) is 5.75 Å². The van der Waals surface area contributed by atoms with Crippen LogP contribution < -0.4 is 10.2 Å². The Morgan fingerprint density at radius 1 is 1.36 bits per heavy atom. The number of fused-ring (bicyclic) bond motifs is 1. The molecule has 0 saturated heterocycles. The fraction of sp³-hybridized carbons (Fsp3) is 0.188. The highest BCUT2D eigenvalue weighted by atomic mass is 35.5. The van der Waals surface area contributed by atoms with E-state index < -0.39 is 17.4 Å². The van der Waals surface area contributed by atoms with Gasteiger partial charge in [-0.1, -0.05) is 11.6 Å². The molecule has 2 heterocycles. The van der Waals surface area contributed by atoms with E-state index in [9.17, 15) is 14.0 Å². The van der Waals surface area contributed by atoms with Crippen LogP contribution >= 0.6 is 11.6 Å². The van der Waals surface area contributed by atoms with Crippen LogP contribution in [-0.4, -0.2) is 25.6 Å². The molecule has 1 N–H and O–H groups in total. The first-order valence-electron chi connectivity index (χ1n) is 7.44. The van der Waals surface area contributed by atoms with Crippen LogP contribution in [0.15, 0.2) is 35.5 Å². The molecule has 0 amide bonds. The maximum atomic E-state index is 14.5. The number of rotatable bonds is 3. The molecule has 0 unspecified atom stereocenters. The van der Waals surface area contributed by atoms with Gasteiger partial charge in [-0.05, 0) is 25.0 Å². The van der Waals surface area contributed by atoms with Gasteiger partial charge in [-0.2, -0.15) is 5.10 Å². The molecule has 0 aliphatic heterocycles. The molecule has 0 atom stereocenters. The molecule has 1 aliphatic carbocycles. The first-order chi connectivity index (χ1) is 11.9. The lowest BCUT2D eigenvalue weighted by Gasteiger charge is -2.14. The van der Waals surface area contributed by atoms with E-state index >= 15 is 0 Å². The van der Waals surface area contributed by atoms with Crippen molar-refractivity contribution in [2.75, 3.05) is 0 Å². The van der Waals surface area contributed by atoms with Crippen LogP contribution in [0, 0.1) is 5.82 Å². The Balaban J connectivity index is 1.99. The molecule has 0 radical (unpaired) electrons. The maximum absolute atomic E-state index is 14.5. The summed E-state index contributed by atoms with van der Waals surface area (Å²) in [5.74, 6) is -1.03. The molecule has 1 aromatic carbocycles. The van der Waals surface area contributed by atoms with Crippen molar-refractivity contribution in [2.24, 2.45) is 0 Å². The molecule has 128 valence electrons. The summed E-state index contributed by atoms with van der Waals surface area (Å²) >= 11 is 5.83. The molecule has 25 heavy (non-hydrogen) atoms. The lowest BCUT2D eigenvalue weighted by molar-refractivity contribution is 0.143. The lowest BCUT2D eigenvalue weighted by Crippen LogP contribution is -2.16. The number of hydrogen-bond donors (Lipinski definition) is 1. The molecule has 7 nitrogen and oxygen atoms in total. The van der Waals surface area contributed by atoms with Crippen molar-refractivity contribution in [1.82, 2.24) is 14.3 Å². The third-order valence-corrected chi connectivity index (χ3v) is 4.20. The summed E-state index contributed by atoms with van der Waals surface area (Å²) in [5, 5.41) is 13.2. The summed E-state index contributed by atoms with van der Waals surface area (Å²) in [4.78, 5) is 23.2. The van der Waals surface area contributed by atoms with E-state index in [1.165, 1.54) is 29.3 Å². The zero-order valence-corrected chi connectivity index (χ0v) is 13.4. The molecule has 1 fully saturated rings. The van der Waals surface area contributed by atoms with E-state index in [0.29, 0.717) is 10.5 Å². The van der Waals surface area contributed by atoms with E-state index in [0.717, 1.165) is 18.9 Å². The standard InChI is InChI=1S/C16H11ClFN3O4/c17-8-5-19-21(6-8)13-4-12-10(3-11(13)18)15(22)14(25-16(23)24)7-20(12)9-1-2-9/h3-7,9H,1-2H2,(H,23,24). The van der Waals surface area contributed by atoms with Crippen molar-refractivity contribution in [2.45, 2.75) is 18.9 Å². The molecular formula is C16H11ClFN3O4. The summed E-state index contributed by atoms with van der Waals surface area (Å²) in [7, 11) is 0. The van der Waals surface area contributed by atoms with Crippen molar-refractivity contribution >= 4 is 28.7 Å². The van der Waals surface area contributed by atoms with Gasteiger partial charge in [-0.25, -0.2) is 13.9 Å². The average molecular weight is 364 g/mol. The largest absolute Gasteiger partial charge is 0.511 e. The predicted octanol–water partition coefficient (Wildman–Crippen LogP) is 3.37. The van der Waals surface area contributed by atoms with E-state index in [1.807, 2.05) is 0 Å². The molecule has 1 aliphatic rings. The van der Waals surface area contributed by atoms with Crippen LogP contribution in [0.4, 0.5) is 9.18 Å². The zero-order valence-electron chi connectivity index (χ0n) is 12.6. The Labute approximate surface area is 144 Å². The van der Waals surface area contributed by atoms with Gasteiger partial charge < -0.3 is 14.4 Å². The first kappa shape index (κ1) is 15.6. The molecular weight excluding hydrogens is 353 g/mol. The number of nitrogens with zero attached hydrogens (tertiary/aromatic N) is 3. The Bertz CT molecular complexity index is 1070. The Hall–Kier alpha value is -2.87. The van der Waals surface area contributed by atoms with E-state index in [4.69, 9.17) is 16.7 Å². The summed E-state index contributed by atoms with van der Waals surface area (Å²) < 4.78 is 22.1. The third-order valence-electron chi connectivity index (χ3n) is 4.00. The minimum atomic E-state index is -1.60. The van der Waals surface area contributed by atoms with Crippen molar-refractivity contribution in [3.63, 3.8) is 0 Å². The highest BCUT2D eigenvalue weighted by Gasteiger charge is 2.27. The van der Waals surface area contributed by atoms with Gasteiger partial charge in [-0.15, -0.1) is 0 Å². The normalized spacial score (nSPS) is 14.0. The van der Waals surface area contributed by atoms with E-state index in [1.54, 1.807) is 4.57 Å². The van der Waals surface area contributed by atoms with Crippen LogP contribution in [0.5, 0.6) is 5.75 Å². The first-order valence-corrected chi connectivity index (χ1v) is 7.81. The van der Waals surface area contributed by atoms with Crippen molar-refractivity contribution in [1.29, 1.82) is 0 Å². The highest BCUT2D eigenvalue weighted by molar-refractivity contribution is 6.30. The quantitative estimate of drug-likeness (QED) is 0.721. The van der Waals surface area contributed by atoms with Gasteiger partial charge in [-0.3, -0.25) is 4.79 Å². The number of pyridine rings is 1. The fourth-order valence-corrected chi connectivity index (χ4v) is 2.90. The second-order valence-corrected chi connectivity index (χ2v) is 6.19. The van der Waals surface area contributed by atoms with E-state index in [-0.39, 0.29) is 22.9 Å². The minimum absolute atomic E-state index is 0.0464. The van der Waals surface area contributed by atoms with Crippen LogP contribution in [0.1, 0.15) is 18.9 Å². The second-order valence-electron chi connectivity index (χ2n) is 5.75. The predicted molar refractivity (Wildman–Crippen MR) is 87.2 cm³/mol. The Kier molecular flexibility index (Phi) is 3.50. The SMILES string of the molecule is O=C(O)Oc1cn(C2CC2)c2cc(-n3cc(Cl)cn3)c(F)cc2c1=O. The molecule has 9 heteroatoms. The van der Waals surface area contributed by atoms with Crippen LogP contribution in [0.2, 0.25) is 5.02 Å². The summed E-state index contributed by atoms with van der Waals surface area (Å²) in [5.41, 5.74) is -0.0633. The highest BCUT2D eigenvalue weighted by Crippen LogP contribution is 2.38. The number of hydrogen-bond acceptors (Lipinski definition) is 4. The van der Waals surface area contributed by atoms with Crippen molar-refractivity contribution < 1.29 is 19.0 Å². The second kappa shape index (κ2) is 5.59.